The maximum Gasteiger partial charge on any atom is 0.261 e. The average molecular weight is 522 g/mol. The second-order valence-electron chi connectivity index (χ2n) is 9.20. The van der Waals surface area contributed by atoms with Gasteiger partial charge in [-0.05, 0) is 78.3 Å². The molecule has 3 N–H and O–H groups in total. The van der Waals surface area contributed by atoms with E-state index in [1.807, 2.05) is 67.6 Å². The third kappa shape index (κ3) is 6.02. The summed E-state index contributed by atoms with van der Waals surface area (Å²) in [5, 5.41) is 6.67. The number of carbonyl (C=O) groups is 1. The molecule has 5 rings (SSSR count). The molecule has 3 aromatic carbocycles. The number of rotatable bonds is 6. The molecule has 0 spiro atoms. The first kappa shape index (κ1) is 27.7. The Bertz CT molecular complexity index is 1410. The number of piperazine rings is 1. The Morgan fingerprint density at radius 2 is 1.71 bits per heavy atom. The van der Waals surface area contributed by atoms with Crippen molar-refractivity contribution >= 4 is 52.8 Å². The first-order chi connectivity index (χ1) is 17.9. The predicted octanol–water partition coefficient (Wildman–Crippen LogP) is 3.93. The van der Waals surface area contributed by atoms with Gasteiger partial charge in [-0.25, -0.2) is 0 Å². The maximum atomic E-state index is 13.0. The number of carbonyl (C=O) groups excluding carboxylic acids is 1. The average Bonchev–Trinajstić information content (AvgIpc) is 3.35. The van der Waals surface area contributed by atoms with Gasteiger partial charge >= 0.3 is 0 Å². The van der Waals surface area contributed by atoms with Crippen molar-refractivity contribution in [2.24, 2.45) is 0 Å². The second kappa shape index (κ2) is 12.0. The molecule has 1 saturated heterocycles. The zero-order chi connectivity index (χ0) is 25.9. The number of hydrogen-bond acceptors (Lipinski definition) is 8. The van der Waals surface area contributed by atoms with Gasteiger partial charge in [-0.15, -0.1) is 0 Å². The predicted molar refractivity (Wildman–Crippen MR) is 151 cm³/mol. The van der Waals surface area contributed by atoms with E-state index in [9.17, 15) is 4.79 Å². The summed E-state index contributed by atoms with van der Waals surface area (Å²) in [7, 11) is 3.80. The first-order valence-corrected chi connectivity index (χ1v) is 12.1. The molecule has 1 aliphatic rings. The number of amides is 1. The van der Waals surface area contributed by atoms with Crippen molar-refractivity contribution < 1.29 is 14.1 Å². The zero-order valence-corrected chi connectivity index (χ0v) is 24.2. The largest absolute Gasteiger partial charge is 0.495 e. The molecule has 1 aliphatic heterocycles. The van der Waals surface area contributed by atoms with Gasteiger partial charge < -0.3 is 30.1 Å². The number of aromatic nitrogens is 2. The van der Waals surface area contributed by atoms with E-state index in [1.54, 1.807) is 7.11 Å². The van der Waals surface area contributed by atoms with Crippen LogP contribution in [-0.2, 0) is 0 Å². The molecular formula is C28H30N6NaO3. The van der Waals surface area contributed by atoms with Crippen LogP contribution in [0.2, 0.25) is 0 Å². The Balaban J connectivity index is 0.00000336. The summed E-state index contributed by atoms with van der Waals surface area (Å²) in [4.78, 5) is 21.7. The SMILES string of the molecule is COc1ccc(NC(=O)c2ccc(-c3ccc(-c4nc(N)no4)cc3C)cc2)cc1N1CCN(C)CC1.[Na]. The van der Waals surface area contributed by atoms with Gasteiger partial charge in [0.05, 0.1) is 12.8 Å². The van der Waals surface area contributed by atoms with Gasteiger partial charge in [0.2, 0.25) is 0 Å². The Morgan fingerprint density at radius 1 is 1.00 bits per heavy atom. The van der Waals surface area contributed by atoms with E-state index in [1.165, 1.54) is 0 Å². The summed E-state index contributed by atoms with van der Waals surface area (Å²) in [6.07, 6.45) is 0. The molecule has 9 nitrogen and oxygen atoms in total. The molecule has 4 aromatic rings. The van der Waals surface area contributed by atoms with Crippen LogP contribution in [0.1, 0.15) is 15.9 Å². The van der Waals surface area contributed by atoms with Crippen LogP contribution in [0.15, 0.2) is 65.2 Å². The van der Waals surface area contributed by atoms with Crippen LogP contribution in [0.3, 0.4) is 0 Å². The molecule has 0 atom stereocenters. The number of nitrogens with zero attached hydrogens (tertiary/aromatic N) is 4. The quantitative estimate of drug-likeness (QED) is 0.368. The van der Waals surface area contributed by atoms with E-state index in [0.29, 0.717) is 11.5 Å². The van der Waals surface area contributed by atoms with Gasteiger partial charge in [0.1, 0.15) is 5.75 Å². The number of nitrogens with two attached hydrogens (primary N) is 1. The van der Waals surface area contributed by atoms with E-state index in [4.69, 9.17) is 15.0 Å². The Labute approximate surface area is 244 Å². The van der Waals surface area contributed by atoms with Crippen LogP contribution in [0, 0.1) is 6.92 Å². The summed E-state index contributed by atoms with van der Waals surface area (Å²) in [6.45, 7) is 5.81. The number of nitrogens with one attached hydrogen (secondary N) is 1. The molecule has 10 heteroatoms. The number of ether oxygens (including phenoxy) is 1. The van der Waals surface area contributed by atoms with Crippen LogP contribution >= 0.6 is 0 Å². The van der Waals surface area contributed by atoms with Crippen molar-refractivity contribution in [2.75, 3.05) is 56.3 Å². The Kier molecular flexibility index (Phi) is 8.73. The zero-order valence-electron chi connectivity index (χ0n) is 22.2. The van der Waals surface area contributed by atoms with Crippen molar-refractivity contribution in [3.05, 3.63) is 71.8 Å². The van der Waals surface area contributed by atoms with E-state index in [2.05, 4.69) is 32.3 Å². The van der Waals surface area contributed by atoms with E-state index >= 15 is 0 Å². The molecule has 1 radical (unpaired) electrons. The van der Waals surface area contributed by atoms with Crippen LogP contribution < -0.4 is 20.7 Å². The fourth-order valence-electron chi connectivity index (χ4n) is 4.54. The summed E-state index contributed by atoms with van der Waals surface area (Å²) in [5.74, 6) is 1.13. The number of anilines is 3. The van der Waals surface area contributed by atoms with Crippen LogP contribution in [0.4, 0.5) is 17.3 Å². The molecule has 2 heterocycles. The van der Waals surface area contributed by atoms with Crippen molar-refractivity contribution in [1.82, 2.24) is 15.0 Å². The first-order valence-electron chi connectivity index (χ1n) is 12.1. The third-order valence-electron chi connectivity index (χ3n) is 6.65. The van der Waals surface area contributed by atoms with E-state index in [-0.39, 0.29) is 41.4 Å². The minimum atomic E-state index is -0.165. The molecule has 1 aromatic heterocycles. The van der Waals surface area contributed by atoms with E-state index < -0.39 is 0 Å². The number of nitrogen functional groups attached to an aromatic ring is 1. The summed E-state index contributed by atoms with van der Waals surface area (Å²) < 4.78 is 10.7. The molecule has 38 heavy (non-hydrogen) atoms. The molecule has 0 unspecified atom stereocenters. The number of methoxy groups -OCH3 is 1. The van der Waals surface area contributed by atoms with Gasteiger partial charge in [-0.2, -0.15) is 4.98 Å². The van der Waals surface area contributed by atoms with Gasteiger partial charge in [0.15, 0.2) is 0 Å². The van der Waals surface area contributed by atoms with Crippen LogP contribution in [0.25, 0.3) is 22.6 Å². The fourth-order valence-corrected chi connectivity index (χ4v) is 4.54. The normalized spacial score (nSPS) is 13.6. The molecule has 191 valence electrons. The van der Waals surface area contributed by atoms with Gasteiger partial charge in [-0.1, -0.05) is 18.2 Å². The monoisotopic (exact) mass is 521 g/mol. The molecular weight excluding hydrogens is 491 g/mol. The number of aryl methyl sites for hydroxylation is 1. The summed E-state index contributed by atoms with van der Waals surface area (Å²) >= 11 is 0. The second-order valence-corrected chi connectivity index (χ2v) is 9.20. The van der Waals surface area contributed by atoms with E-state index in [0.717, 1.165) is 65.6 Å². The van der Waals surface area contributed by atoms with Crippen molar-refractivity contribution in [3.8, 4) is 28.3 Å². The molecule has 1 amide bonds. The maximum absolute atomic E-state index is 13.0. The summed E-state index contributed by atoms with van der Waals surface area (Å²) in [6, 6.07) is 19.2. The Hall–Kier alpha value is -3.37. The number of hydrogen-bond donors (Lipinski definition) is 2. The topological polar surface area (TPSA) is 110 Å². The van der Waals surface area contributed by atoms with Gasteiger partial charge in [0.25, 0.3) is 17.7 Å². The minimum Gasteiger partial charge on any atom is -0.495 e. The van der Waals surface area contributed by atoms with Gasteiger partial charge in [-0.3, -0.25) is 4.79 Å². The van der Waals surface area contributed by atoms with Crippen molar-refractivity contribution in [2.45, 2.75) is 6.92 Å². The smallest absolute Gasteiger partial charge is 0.261 e. The Morgan fingerprint density at radius 3 is 2.34 bits per heavy atom. The standard InChI is InChI=1S/C28H30N6O3.Na/c1-18-16-21(27-31-28(29)32-37-27)8-10-23(18)19-4-6-20(7-5-19)26(35)30-22-9-11-25(36-3)24(17-22)34-14-12-33(2)13-15-34;/h4-11,16-17H,12-15H2,1-3H3,(H2,29,32)(H,30,35);. The molecule has 0 saturated carbocycles. The fraction of sp³-hybridized carbons (Fsp3) is 0.250. The number of likely N-dealkylation sites (N-methyl/N-ethyl adjacent to an activating group) is 1. The van der Waals surface area contributed by atoms with Gasteiger partial charge in [0, 0.05) is 72.6 Å². The summed E-state index contributed by atoms with van der Waals surface area (Å²) in [5.41, 5.74) is 11.8. The molecule has 1 fully saturated rings. The minimum absolute atomic E-state index is 0. The van der Waals surface area contributed by atoms with Crippen molar-refractivity contribution in [3.63, 3.8) is 0 Å². The third-order valence-corrected chi connectivity index (χ3v) is 6.65. The van der Waals surface area contributed by atoms with Crippen LogP contribution in [0.5, 0.6) is 5.75 Å². The molecule has 0 bridgehead atoms. The molecule has 0 aliphatic carbocycles. The van der Waals surface area contributed by atoms with Crippen LogP contribution in [-0.4, -0.2) is 90.8 Å². The number of benzene rings is 3. The van der Waals surface area contributed by atoms with Crippen molar-refractivity contribution in [1.29, 1.82) is 0 Å².